The van der Waals surface area contributed by atoms with Crippen molar-refractivity contribution in [1.29, 1.82) is 0 Å². The summed E-state index contributed by atoms with van der Waals surface area (Å²) < 4.78 is 0.832. The molecule has 0 unspecified atom stereocenters. The van der Waals surface area contributed by atoms with Crippen LogP contribution in [0.4, 0.5) is 5.69 Å². The van der Waals surface area contributed by atoms with E-state index in [1.165, 1.54) is 4.90 Å². The molecule has 0 N–H and O–H groups in total. The molecule has 3 aromatic rings. The number of halogens is 1. The number of rotatable bonds is 5. The molecule has 0 aliphatic carbocycles. The molecule has 4 atom stereocenters. The van der Waals surface area contributed by atoms with Gasteiger partial charge in [0.25, 0.3) is 0 Å². The smallest absolute Gasteiger partial charge is 0.240 e. The molecule has 2 amide bonds. The van der Waals surface area contributed by atoms with E-state index in [0.29, 0.717) is 22.4 Å². The van der Waals surface area contributed by atoms with Gasteiger partial charge in [-0.25, -0.2) is 4.90 Å². The summed E-state index contributed by atoms with van der Waals surface area (Å²) in [5.41, 5.74) is 1.89. The maximum absolute atomic E-state index is 13.8. The monoisotopic (exact) mass is 552 g/mol. The van der Waals surface area contributed by atoms with Crippen LogP contribution in [0.3, 0.4) is 0 Å². The largest absolute Gasteiger partial charge is 0.359 e. The van der Waals surface area contributed by atoms with Crippen LogP contribution in [0.2, 0.25) is 0 Å². The second kappa shape index (κ2) is 9.09. The summed E-state index contributed by atoms with van der Waals surface area (Å²) in [6, 6.07) is 23.1. The summed E-state index contributed by atoms with van der Waals surface area (Å²) >= 11 is 3.39. The Morgan fingerprint density at radius 2 is 1.35 bits per heavy atom. The van der Waals surface area contributed by atoms with Gasteiger partial charge in [0.05, 0.1) is 23.6 Å². The molecule has 6 rings (SSSR count). The molecule has 182 valence electrons. The Balaban J connectivity index is 1.43. The van der Waals surface area contributed by atoms with Crippen LogP contribution < -0.4 is 4.90 Å². The average Bonchev–Trinajstić information content (AvgIpc) is 3.40. The normalized spacial score (nSPS) is 24.1. The number of hydrogen-bond acceptors (Lipinski definition) is 5. The van der Waals surface area contributed by atoms with Gasteiger partial charge >= 0.3 is 0 Å². The van der Waals surface area contributed by atoms with Crippen molar-refractivity contribution >= 4 is 45.0 Å². The number of hydrogen-bond donors (Lipinski definition) is 0. The fourth-order valence-corrected chi connectivity index (χ4v) is 5.83. The molecule has 0 spiro atoms. The lowest BCUT2D eigenvalue weighted by molar-refractivity contribution is -0.123. The van der Waals surface area contributed by atoms with E-state index < -0.39 is 29.8 Å². The lowest BCUT2D eigenvalue weighted by Gasteiger charge is -2.32. The number of fused-ring (bicyclic) bond motifs is 3. The first-order valence-corrected chi connectivity index (χ1v) is 12.7. The molecule has 3 heterocycles. The van der Waals surface area contributed by atoms with Gasteiger partial charge < -0.3 is 4.90 Å². The Kier molecular flexibility index (Phi) is 5.72. The highest BCUT2D eigenvalue weighted by Crippen LogP contribution is 2.47. The molecular weight excluding hydrogens is 532 g/mol. The van der Waals surface area contributed by atoms with Crippen molar-refractivity contribution in [2.24, 2.45) is 11.8 Å². The molecule has 3 aromatic carbocycles. The van der Waals surface area contributed by atoms with Crippen LogP contribution in [0.5, 0.6) is 0 Å². The summed E-state index contributed by atoms with van der Waals surface area (Å²) in [5.74, 6) is -2.84. The number of imide groups is 1. The summed E-state index contributed by atoms with van der Waals surface area (Å²) in [7, 11) is 0. The molecule has 3 aliphatic heterocycles. The number of Topliss-reactive ketones (excluding diaryl/α,β-unsaturated/α-hetero) is 2. The molecule has 0 radical (unpaired) electrons. The first kappa shape index (κ1) is 23.3. The minimum Gasteiger partial charge on any atom is -0.359 e. The van der Waals surface area contributed by atoms with Crippen LogP contribution in [-0.4, -0.2) is 40.4 Å². The van der Waals surface area contributed by atoms with Crippen molar-refractivity contribution in [3.05, 3.63) is 124 Å². The minimum atomic E-state index is -0.874. The van der Waals surface area contributed by atoms with Gasteiger partial charge in [-0.1, -0.05) is 82.7 Å². The summed E-state index contributed by atoms with van der Waals surface area (Å²) in [4.78, 5) is 57.6. The fraction of sp³-hybridized carbons (Fsp3) is 0.133. The van der Waals surface area contributed by atoms with Gasteiger partial charge in [-0.15, -0.1) is 0 Å². The van der Waals surface area contributed by atoms with Gasteiger partial charge in [0, 0.05) is 27.4 Å². The second-order valence-corrected chi connectivity index (χ2v) is 10.2. The zero-order chi connectivity index (χ0) is 25.7. The Hall–Kier alpha value is -4.10. The van der Waals surface area contributed by atoms with Crippen molar-refractivity contribution in [3.8, 4) is 0 Å². The van der Waals surface area contributed by atoms with E-state index in [0.717, 1.165) is 4.47 Å². The molecule has 3 aliphatic rings. The van der Waals surface area contributed by atoms with Gasteiger partial charge in [-0.05, 0) is 30.3 Å². The van der Waals surface area contributed by atoms with Crippen molar-refractivity contribution in [2.75, 3.05) is 4.90 Å². The molecule has 0 bridgehead atoms. The Morgan fingerprint density at radius 3 is 2.03 bits per heavy atom. The van der Waals surface area contributed by atoms with Crippen LogP contribution in [-0.2, 0) is 9.59 Å². The number of ketones is 2. The molecular formula is C30H21BrN2O4. The van der Waals surface area contributed by atoms with Crippen LogP contribution in [0, 0.1) is 11.8 Å². The van der Waals surface area contributed by atoms with E-state index in [2.05, 4.69) is 15.9 Å². The highest BCUT2D eigenvalue weighted by molar-refractivity contribution is 9.10. The molecule has 37 heavy (non-hydrogen) atoms. The number of para-hydroxylation sites is 1. The van der Waals surface area contributed by atoms with Gasteiger partial charge in [-0.3, -0.25) is 19.2 Å². The first-order chi connectivity index (χ1) is 18.0. The zero-order valence-corrected chi connectivity index (χ0v) is 21.1. The molecule has 7 heteroatoms. The Labute approximate surface area is 222 Å². The molecule has 0 aromatic heterocycles. The van der Waals surface area contributed by atoms with Gasteiger partial charge in [-0.2, -0.15) is 0 Å². The predicted molar refractivity (Wildman–Crippen MR) is 142 cm³/mol. The maximum Gasteiger partial charge on any atom is 0.240 e. The topological polar surface area (TPSA) is 74.8 Å². The SMILES string of the molecule is O=C(C1=C[C@@H]2[C@@H]3C(=O)N(c4ccccc4)C(=O)[C@@H]3[C@@H](C(=O)c3ccc(Br)cc3)N2C=C1)c1ccccc1. The number of benzene rings is 3. The third kappa shape index (κ3) is 3.78. The quantitative estimate of drug-likeness (QED) is 0.335. The highest BCUT2D eigenvalue weighted by Gasteiger charge is 2.63. The van der Waals surface area contributed by atoms with Crippen LogP contribution in [0.1, 0.15) is 20.7 Å². The third-order valence-electron chi connectivity index (χ3n) is 7.26. The predicted octanol–water partition coefficient (Wildman–Crippen LogP) is 4.83. The Bertz CT molecular complexity index is 1480. The number of amides is 2. The second-order valence-electron chi connectivity index (χ2n) is 9.29. The lowest BCUT2D eigenvalue weighted by Crippen LogP contribution is -2.46. The first-order valence-electron chi connectivity index (χ1n) is 12.0. The molecule has 6 nitrogen and oxygen atoms in total. The summed E-state index contributed by atoms with van der Waals surface area (Å²) in [6.45, 7) is 0. The fourth-order valence-electron chi connectivity index (χ4n) is 5.57. The van der Waals surface area contributed by atoms with Crippen molar-refractivity contribution < 1.29 is 19.2 Å². The van der Waals surface area contributed by atoms with Crippen LogP contribution >= 0.6 is 15.9 Å². The Morgan fingerprint density at radius 1 is 0.730 bits per heavy atom. The van der Waals surface area contributed by atoms with Gasteiger partial charge in [0.2, 0.25) is 11.8 Å². The highest BCUT2D eigenvalue weighted by atomic mass is 79.9. The summed E-state index contributed by atoms with van der Waals surface area (Å²) in [5, 5.41) is 0. The number of allylic oxidation sites excluding steroid dienone is 2. The number of carbonyl (C=O) groups excluding carboxylic acids is 4. The molecule has 0 saturated carbocycles. The van der Waals surface area contributed by atoms with E-state index in [1.807, 2.05) is 12.1 Å². The summed E-state index contributed by atoms with van der Waals surface area (Å²) in [6.07, 6.45) is 5.09. The maximum atomic E-state index is 13.8. The van der Waals surface area contributed by atoms with E-state index in [9.17, 15) is 19.2 Å². The van der Waals surface area contributed by atoms with E-state index in [-0.39, 0.29) is 17.5 Å². The number of carbonyl (C=O) groups is 4. The van der Waals surface area contributed by atoms with Crippen molar-refractivity contribution in [3.63, 3.8) is 0 Å². The van der Waals surface area contributed by atoms with E-state index in [1.54, 1.807) is 96.0 Å². The van der Waals surface area contributed by atoms with Crippen LogP contribution in [0.25, 0.3) is 0 Å². The zero-order valence-electron chi connectivity index (χ0n) is 19.5. The molecule has 2 fully saturated rings. The van der Waals surface area contributed by atoms with Crippen LogP contribution in [0.15, 0.2) is 113 Å². The van der Waals surface area contributed by atoms with Gasteiger partial charge in [0.15, 0.2) is 11.6 Å². The lowest BCUT2D eigenvalue weighted by atomic mass is 9.85. The van der Waals surface area contributed by atoms with Crippen molar-refractivity contribution in [1.82, 2.24) is 4.90 Å². The molecule has 2 saturated heterocycles. The van der Waals surface area contributed by atoms with Gasteiger partial charge in [0.1, 0.15) is 6.04 Å². The minimum absolute atomic E-state index is 0.174. The van der Waals surface area contributed by atoms with E-state index >= 15 is 0 Å². The van der Waals surface area contributed by atoms with Crippen molar-refractivity contribution in [2.45, 2.75) is 12.1 Å². The number of anilines is 1. The third-order valence-corrected chi connectivity index (χ3v) is 7.79. The standard InChI is InChI=1S/C30H21BrN2O4/c31-21-13-11-19(12-14-21)28(35)26-25-24(29(36)33(30(25)37)22-9-5-2-6-10-22)23-17-20(15-16-32(23)26)27(34)18-7-3-1-4-8-18/h1-17,23-26H/t23-,24+,25+,26+/m1/s1. The average molecular weight is 553 g/mol. The van der Waals surface area contributed by atoms with E-state index in [4.69, 9.17) is 0 Å². The number of nitrogens with zero attached hydrogens (tertiary/aromatic N) is 2.